The van der Waals surface area contributed by atoms with Gasteiger partial charge in [-0.3, -0.25) is 9.36 Å². The summed E-state index contributed by atoms with van der Waals surface area (Å²) in [6.07, 6.45) is 3.44. The number of benzene rings is 2. The summed E-state index contributed by atoms with van der Waals surface area (Å²) >= 11 is 1.38. The Kier molecular flexibility index (Phi) is 8.04. The fourth-order valence-corrected chi connectivity index (χ4v) is 4.32. The second kappa shape index (κ2) is 11.6. The molecule has 1 amide bonds. The van der Waals surface area contributed by atoms with Gasteiger partial charge in [0.25, 0.3) is 0 Å². The van der Waals surface area contributed by atoms with E-state index in [2.05, 4.69) is 56.8 Å². The number of hydrogen-bond donors (Lipinski definition) is 1. The van der Waals surface area contributed by atoms with Crippen molar-refractivity contribution in [2.45, 2.75) is 24.5 Å². The average Bonchev–Trinajstić information content (AvgIpc) is 3.52. The zero-order valence-corrected chi connectivity index (χ0v) is 20.3. The largest absolute Gasteiger partial charge is 0.461 e. The van der Waals surface area contributed by atoms with Crippen LogP contribution >= 0.6 is 11.8 Å². The standard InChI is InChI=1S/C26H29N5O2S/c1-30(2)22-14-12-20(13-15-22)10-6-16-27-24(32)19-34-26-29-28-25(23-11-7-17-33-23)31(26)18-21-8-4-3-5-9-21/h3-5,7-9,11-15,17H,6,10,16,18-19H2,1-2H3,(H,27,32). The first-order valence-electron chi connectivity index (χ1n) is 11.3. The van der Waals surface area contributed by atoms with Crippen molar-refractivity contribution < 1.29 is 9.21 Å². The minimum absolute atomic E-state index is 0.0123. The van der Waals surface area contributed by atoms with Crippen molar-refractivity contribution in [1.29, 1.82) is 0 Å². The lowest BCUT2D eigenvalue weighted by molar-refractivity contribution is -0.118. The number of nitrogens with zero attached hydrogens (tertiary/aromatic N) is 4. The number of amides is 1. The number of nitrogens with one attached hydrogen (secondary N) is 1. The first-order valence-corrected chi connectivity index (χ1v) is 12.3. The second-order valence-corrected chi connectivity index (χ2v) is 9.10. The van der Waals surface area contributed by atoms with Crippen LogP contribution in [0.2, 0.25) is 0 Å². The Morgan fingerprint density at radius 2 is 1.79 bits per heavy atom. The molecular weight excluding hydrogens is 446 g/mol. The van der Waals surface area contributed by atoms with Crippen molar-refractivity contribution in [1.82, 2.24) is 20.1 Å². The van der Waals surface area contributed by atoms with E-state index in [1.807, 2.05) is 49.0 Å². The number of rotatable bonds is 11. The summed E-state index contributed by atoms with van der Waals surface area (Å²) in [5.74, 6) is 1.57. The van der Waals surface area contributed by atoms with E-state index in [4.69, 9.17) is 4.42 Å². The Morgan fingerprint density at radius 1 is 1.00 bits per heavy atom. The highest BCUT2D eigenvalue weighted by Crippen LogP contribution is 2.25. The summed E-state index contributed by atoms with van der Waals surface area (Å²) in [6, 6.07) is 22.3. The third-order valence-corrected chi connectivity index (χ3v) is 6.36. The molecule has 0 saturated carbocycles. The van der Waals surface area contributed by atoms with Crippen LogP contribution in [0, 0.1) is 0 Å². The van der Waals surface area contributed by atoms with E-state index < -0.39 is 0 Å². The zero-order chi connectivity index (χ0) is 23.8. The summed E-state index contributed by atoms with van der Waals surface area (Å²) in [6.45, 7) is 1.24. The Bertz CT molecular complexity index is 1170. The summed E-state index contributed by atoms with van der Waals surface area (Å²) in [7, 11) is 4.06. The van der Waals surface area contributed by atoms with E-state index >= 15 is 0 Å². The van der Waals surface area contributed by atoms with Gasteiger partial charge in [-0.2, -0.15) is 0 Å². The Morgan fingerprint density at radius 3 is 2.50 bits per heavy atom. The number of aryl methyl sites for hydroxylation is 1. The van der Waals surface area contributed by atoms with Crippen molar-refractivity contribution in [3.63, 3.8) is 0 Å². The number of aromatic nitrogens is 3. The number of furan rings is 1. The molecule has 7 nitrogen and oxygen atoms in total. The monoisotopic (exact) mass is 475 g/mol. The van der Waals surface area contributed by atoms with Crippen molar-refractivity contribution >= 4 is 23.4 Å². The first kappa shape index (κ1) is 23.6. The molecule has 34 heavy (non-hydrogen) atoms. The lowest BCUT2D eigenvalue weighted by Gasteiger charge is -2.12. The molecule has 4 rings (SSSR count). The van der Waals surface area contributed by atoms with Gasteiger partial charge in [0.1, 0.15) is 0 Å². The smallest absolute Gasteiger partial charge is 0.230 e. The third-order valence-electron chi connectivity index (χ3n) is 5.39. The lowest BCUT2D eigenvalue weighted by atomic mass is 10.1. The molecule has 8 heteroatoms. The van der Waals surface area contributed by atoms with E-state index in [0.717, 1.165) is 18.4 Å². The maximum atomic E-state index is 12.4. The highest BCUT2D eigenvalue weighted by atomic mass is 32.2. The number of hydrogen-bond acceptors (Lipinski definition) is 6. The van der Waals surface area contributed by atoms with Gasteiger partial charge in [-0.25, -0.2) is 0 Å². The van der Waals surface area contributed by atoms with Crippen LogP contribution in [0.5, 0.6) is 0 Å². The van der Waals surface area contributed by atoms with Crippen LogP contribution in [-0.4, -0.2) is 47.1 Å². The maximum Gasteiger partial charge on any atom is 0.230 e. The molecule has 2 heterocycles. The fourth-order valence-electron chi connectivity index (χ4n) is 3.55. The molecule has 2 aromatic carbocycles. The van der Waals surface area contributed by atoms with Gasteiger partial charge in [-0.05, 0) is 48.2 Å². The van der Waals surface area contributed by atoms with E-state index in [1.165, 1.54) is 23.0 Å². The maximum absolute atomic E-state index is 12.4. The molecule has 4 aromatic rings. The predicted octanol–water partition coefficient (Wildman–Crippen LogP) is 4.49. The SMILES string of the molecule is CN(C)c1ccc(CCCNC(=O)CSc2nnc(-c3ccco3)n2Cc2ccccc2)cc1. The van der Waals surface area contributed by atoms with Gasteiger partial charge in [0.15, 0.2) is 10.9 Å². The molecule has 176 valence electrons. The molecule has 0 fully saturated rings. The summed E-state index contributed by atoms with van der Waals surface area (Å²) in [5.41, 5.74) is 3.58. The summed E-state index contributed by atoms with van der Waals surface area (Å²) in [5, 5.41) is 12.3. The van der Waals surface area contributed by atoms with Crippen LogP contribution < -0.4 is 10.2 Å². The molecule has 2 aromatic heterocycles. The van der Waals surface area contributed by atoms with Gasteiger partial charge in [-0.1, -0.05) is 54.2 Å². The highest BCUT2D eigenvalue weighted by molar-refractivity contribution is 7.99. The molecule has 0 aliphatic rings. The van der Waals surface area contributed by atoms with Crippen LogP contribution in [0.1, 0.15) is 17.5 Å². The quantitative estimate of drug-likeness (QED) is 0.254. The molecule has 0 radical (unpaired) electrons. The molecule has 1 N–H and O–H groups in total. The second-order valence-electron chi connectivity index (χ2n) is 8.16. The third kappa shape index (κ3) is 6.29. The van der Waals surface area contributed by atoms with Gasteiger partial charge < -0.3 is 14.6 Å². The molecular formula is C26H29N5O2S. The van der Waals surface area contributed by atoms with E-state index in [1.54, 1.807) is 6.26 Å². The molecule has 0 atom stereocenters. The molecule has 0 spiro atoms. The minimum Gasteiger partial charge on any atom is -0.461 e. The number of thioether (sulfide) groups is 1. The van der Waals surface area contributed by atoms with Crippen molar-refractivity contribution in [3.05, 3.63) is 84.1 Å². The highest BCUT2D eigenvalue weighted by Gasteiger charge is 2.17. The predicted molar refractivity (Wildman–Crippen MR) is 136 cm³/mol. The van der Waals surface area contributed by atoms with Crippen LogP contribution in [0.15, 0.2) is 82.6 Å². The van der Waals surface area contributed by atoms with Gasteiger partial charge in [-0.15, -0.1) is 10.2 Å². The molecule has 0 aliphatic carbocycles. The van der Waals surface area contributed by atoms with Crippen LogP contribution in [-0.2, 0) is 17.8 Å². The van der Waals surface area contributed by atoms with Crippen molar-refractivity contribution in [2.24, 2.45) is 0 Å². The Balaban J connectivity index is 1.30. The van der Waals surface area contributed by atoms with Crippen molar-refractivity contribution in [3.8, 4) is 11.6 Å². The van der Waals surface area contributed by atoms with Gasteiger partial charge in [0, 0.05) is 26.3 Å². The first-order chi connectivity index (χ1) is 16.6. The zero-order valence-electron chi connectivity index (χ0n) is 19.5. The number of carbonyl (C=O) groups is 1. The van der Waals surface area contributed by atoms with E-state index in [0.29, 0.717) is 29.8 Å². The topological polar surface area (TPSA) is 76.2 Å². The lowest BCUT2D eigenvalue weighted by Crippen LogP contribution is -2.26. The fraction of sp³-hybridized carbons (Fsp3) is 0.269. The van der Waals surface area contributed by atoms with E-state index in [9.17, 15) is 4.79 Å². The Labute approximate surface area is 204 Å². The van der Waals surface area contributed by atoms with Crippen LogP contribution in [0.4, 0.5) is 5.69 Å². The van der Waals surface area contributed by atoms with Gasteiger partial charge >= 0.3 is 0 Å². The number of carbonyl (C=O) groups excluding carboxylic acids is 1. The van der Waals surface area contributed by atoms with Crippen LogP contribution in [0.3, 0.4) is 0 Å². The van der Waals surface area contributed by atoms with Crippen LogP contribution in [0.25, 0.3) is 11.6 Å². The summed E-state index contributed by atoms with van der Waals surface area (Å²) in [4.78, 5) is 14.5. The van der Waals surface area contributed by atoms with Gasteiger partial charge in [0.05, 0.1) is 18.6 Å². The minimum atomic E-state index is -0.0123. The Hall–Kier alpha value is -3.52. The molecule has 0 saturated heterocycles. The normalized spacial score (nSPS) is 10.9. The summed E-state index contributed by atoms with van der Waals surface area (Å²) < 4.78 is 7.53. The van der Waals surface area contributed by atoms with E-state index in [-0.39, 0.29) is 11.7 Å². The molecule has 0 aliphatic heterocycles. The number of anilines is 1. The average molecular weight is 476 g/mol. The molecule has 0 unspecified atom stereocenters. The molecule has 0 bridgehead atoms. The van der Waals surface area contributed by atoms with Crippen molar-refractivity contribution in [2.75, 3.05) is 31.3 Å². The van der Waals surface area contributed by atoms with Gasteiger partial charge in [0.2, 0.25) is 11.7 Å².